The summed E-state index contributed by atoms with van der Waals surface area (Å²) in [6, 6.07) is 0.419. The Morgan fingerprint density at radius 1 is 1.47 bits per heavy atom. The van der Waals surface area contributed by atoms with Crippen LogP contribution in [0.2, 0.25) is 0 Å². The van der Waals surface area contributed by atoms with E-state index in [1.165, 1.54) is 0 Å². The van der Waals surface area contributed by atoms with E-state index in [1.807, 2.05) is 4.90 Å². The van der Waals surface area contributed by atoms with E-state index < -0.39 is 0 Å². The highest BCUT2D eigenvalue weighted by atomic mass is 16.2. The lowest BCUT2D eigenvalue weighted by Gasteiger charge is -2.38. The molecule has 1 fully saturated rings. The van der Waals surface area contributed by atoms with Gasteiger partial charge >= 0.3 is 6.03 Å². The van der Waals surface area contributed by atoms with E-state index in [4.69, 9.17) is 0 Å². The molecule has 1 rings (SSSR count). The molecule has 1 unspecified atom stereocenters. The van der Waals surface area contributed by atoms with Crippen LogP contribution in [-0.2, 0) is 0 Å². The van der Waals surface area contributed by atoms with E-state index in [1.54, 1.807) is 0 Å². The zero-order valence-corrected chi connectivity index (χ0v) is 10.3. The average molecular weight is 213 g/mol. The van der Waals surface area contributed by atoms with Crippen molar-refractivity contribution in [3.63, 3.8) is 0 Å². The van der Waals surface area contributed by atoms with Crippen LogP contribution in [0.15, 0.2) is 0 Å². The van der Waals surface area contributed by atoms with Gasteiger partial charge in [-0.3, -0.25) is 0 Å². The van der Waals surface area contributed by atoms with E-state index in [-0.39, 0.29) is 6.03 Å². The third-order valence-corrected chi connectivity index (χ3v) is 2.83. The van der Waals surface area contributed by atoms with E-state index in [9.17, 15) is 4.79 Å². The summed E-state index contributed by atoms with van der Waals surface area (Å²) in [5.74, 6) is 0.497. The molecule has 1 N–H and O–H groups in total. The predicted octanol–water partition coefficient (Wildman–Crippen LogP) is 0.988. The second kappa shape index (κ2) is 5.35. The van der Waals surface area contributed by atoms with Gasteiger partial charge in [0.05, 0.1) is 0 Å². The van der Waals surface area contributed by atoms with Crippen molar-refractivity contribution < 1.29 is 4.79 Å². The van der Waals surface area contributed by atoms with E-state index >= 15 is 0 Å². The van der Waals surface area contributed by atoms with Gasteiger partial charge in [-0.1, -0.05) is 13.8 Å². The van der Waals surface area contributed by atoms with Crippen LogP contribution in [0, 0.1) is 5.92 Å². The lowest BCUT2D eigenvalue weighted by Crippen LogP contribution is -2.55. The highest BCUT2D eigenvalue weighted by molar-refractivity contribution is 5.75. The minimum absolute atomic E-state index is 0.0989. The normalized spacial score (nSPS) is 19.6. The number of urea groups is 1. The quantitative estimate of drug-likeness (QED) is 0.756. The molecule has 0 saturated carbocycles. The molecule has 0 aromatic rings. The molecule has 0 radical (unpaired) electrons. The van der Waals surface area contributed by atoms with Gasteiger partial charge in [-0.2, -0.15) is 0 Å². The van der Waals surface area contributed by atoms with Crippen molar-refractivity contribution in [2.24, 2.45) is 5.92 Å². The molecule has 1 aliphatic rings. The summed E-state index contributed by atoms with van der Waals surface area (Å²) in [6.07, 6.45) is 1.06. The van der Waals surface area contributed by atoms with Crippen molar-refractivity contribution in [2.45, 2.75) is 26.3 Å². The van der Waals surface area contributed by atoms with Crippen LogP contribution in [0.3, 0.4) is 0 Å². The van der Waals surface area contributed by atoms with E-state index in [0.29, 0.717) is 12.0 Å². The zero-order valence-electron chi connectivity index (χ0n) is 10.3. The lowest BCUT2D eigenvalue weighted by molar-refractivity contribution is 0.124. The molecular weight excluding hydrogens is 190 g/mol. The molecular formula is C11H23N3O. The first-order valence-electron chi connectivity index (χ1n) is 5.71. The first kappa shape index (κ1) is 12.3. The molecule has 4 nitrogen and oxygen atoms in total. The molecule has 0 aliphatic carbocycles. The van der Waals surface area contributed by atoms with Gasteiger partial charge in [0, 0.05) is 25.7 Å². The summed E-state index contributed by atoms with van der Waals surface area (Å²) in [5, 5.41) is 2.91. The number of hydrogen-bond acceptors (Lipinski definition) is 2. The molecule has 0 aromatic heterocycles. The Hall–Kier alpha value is -0.770. The molecule has 0 bridgehead atoms. The van der Waals surface area contributed by atoms with Crippen molar-refractivity contribution in [1.29, 1.82) is 0 Å². The topological polar surface area (TPSA) is 35.6 Å². The van der Waals surface area contributed by atoms with Gasteiger partial charge in [-0.25, -0.2) is 4.79 Å². The van der Waals surface area contributed by atoms with Crippen LogP contribution in [-0.4, -0.2) is 55.6 Å². The van der Waals surface area contributed by atoms with Crippen molar-refractivity contribution >= 4 is 6.03 Å². The van der Waals surface area contributed by atoms with Crippen molar-refractivity contribution in [2.75, 3.05) is 33.7 Å². The van der Waals surface area contributed by atoms with Gasteiger partial charge in [0.2, 0.25) is 0 Å². The fourth-order valence-corrected chi connectivity index (χ4v) is 2.01. The lowest BCUT2D eigenvalue weighted by atomic mass is 10.0. The number of likely N-dealkylation sites (N-methyl/N-ethyl adjacent to an activating group) is 1. The summed E-state index contributed by atoms with van der Waals surface area (Å²) in [4.78, 5) is 15.8. The summed E-state index contributed by atoms with van der Waals surface area (Å²) in [5.41, 5.74) is 0. The molecule has 1 aliphatic heterocycles. The molecule has 15 heavy (non-hydrogen) atoms. The molecule has 0 aromatic carbocycles. The number of carbonyl (C=O) groups is 1. The number of nitrogens with one attached hydrogen (secondary N) is 1. The average Bonchev–Trinajstić information content (AvgIpc) is 2.15. The number of nitrogens with zero attached hydrogens (tertiary/aromatic N) is 2. The number of amides is 2. The Morgan fingerprint density at radius 2 is 2.13 bits per heavy atom. The summed E-state index contributed by atoms with van der Waals surface area (Å²) in [7, 11) is 4.11. The van der Waals surface area contributed by atoms with Crippen LogP contribution in [0.1, 0.15) is 20.3 Å². The minimum Gasteiger partial charge on any atom is -0.338 e. The predicted molar refractivity (Wildman–Crippen MR) is 61.9 cm³/mol. The fraction of sp³-hybridized carbons (Fsp3) is 0.909. The fourth-order valence-electron chi connectivity index (χ4n) is 2.01. The summed E-state index contributed by atoms with van der Waals surface area (Å²) in [6.45, 7) is 7.00. The number of hydrogen-bond donors (Lipinski definition) is 1. The van der Waals surface area contributed by atoms with E-state index in [2.05, 4.69) is 38.2 Å². The smallest absolute Gasteiger partial charge is 0.317 e. The van der Waals surface area contributed by atoms with Crippen LogP contribution in [0.25, 0.3) is 0 Å². The Labute approximate surface area is 92.6 Å². The minimum atomic E-state index is 0.0989. The van der Waals surface area contributed by atoms with Gasteiger partial charge in [0.1, 0.15) is 0 Å². The number of rotatable bonds is 4. The van der Waals surface area contributed by atoms with Crippen molar-refractivity contribution in [1.82, 2.24) is 15.1 Å². The Bertz CT molecular complexity index is 216. The molecule has 4 heteroatoms. The van der Waals surface area contributed by atoms with Crippen molar-refractivity contribution in [3.05, 3.63) is 0 Å². The van der Waals surface area contributed by atoms with Crippen LogP contribution in [0.4, 0.5) is 4.79 Å². The third-order valence-electron chi connectivity index (χ3n) is 2.83. The SMILES string of the molecule is CC(C)C(CN(C)C)N1CCCNC1=O. The van der Waals surface area contributed by atoms with Crippen LogP contribution >= 0.6 is 0 Å². The molecule has 1 atom stereocenters. The highest BCUT2D eigenvalue weighted by Crippen LogP contribution is 2.14. The maximum atomic E-state index is 11.7. The summed E-state index contributed by atoms with van der Waals surface area (Å²) < 4.78 is 0. The first-order valence-corrected chi connectivity index (χ1v) is 5.71. The molecule has 1 saturated heterocycles. The second-order valence-electron chi connectivity index (χ2n) is 4.85. The zero-order chi connectivity index (χ0) is 11.4. The van der Waals surface area contributed by atoms with Gasteiger partial charge in [0.25, 0.3) is 0 Å². The first-order chi connectivity index (χ1) is 7.02. The number of carbonyl (C=O) groups excluding carboxylic acids is 1. The molecule has 1 heterocycles. The Kier molecular flexibility index (Phi) is 4.39. The Morgan fingerprint density at radius 3 is 2.60 bits per heavy atom. The summed E-state index contributed by atoms with van der Waals surface area (Å²) >= 11 is 0. The Balaban J connectivity index is 2.64. The monoisotopic (exact) mass is 213 g/mol. The maximum absolute atomic E-state index is 11.7. The van der Waals surface area contributed by atoms with Gasteiger partial charge in [-0.15, -0.1) is 0 Å². The maximum Gasteiger partial charge on any atom is 0.317 e. The van der Waals surface area contributed by atoms with Crippen LogP contribution < -0.4 is 5.32 Å². The molecule has 88 valence electrons. The van der Waals surface area contributed by atoms with Gasteiger partial charge < -0.3 is 15.1 Å². The highest BCUT2D eigenvalue weighted by Gasteiger charge is 2.28. The third kappa shape index (κ3) is 3.38. The van der Waals surface area contributed by atoms with Crippen LogP contribution in [0.5, 0.6) is 0 Å². The molecule has 2 amide bonds. The van der Waals surface area contributed by atoms with Gasteiger partial charge in [0.15, 0.2) is 0 Å². The van der Waals surface area contributed by atoms with Crippen molar-refractivity contribution in [3.8, 4) is 0 Å². The largest absolute Gasteiger partial charge is 0.338 e. The molecule has 0 spiro atoms. The standard InChI is InChI=1S/C11H23N3O/c1-9(2)10(8-13(3)4)14-7-5-6-12-11(14)15/h9-10H,5-8H2,1-4H3,(H,12,15). The second-order valence-corrected chi connectivity index (χ2v) is 4.85. The van der Waals surface area contributed by atoms with E-state index in [0.717, 1.165) is 26.1 Å². The van der Waals surface area contributed by atoms with Gasteiger partial charge in [-0.05, 0) is 26.4 Å².